The van der Waals surface area contributed by atoms with E-state index in [1.165, 1.54) is 51.4 Å². The van der Waals surface area contributed by atoms with Crippen LogP contribution in [0.4, 0.5) is 0 Å². The lowest BCUT2D eigenvalue weighted by Gasteiger charge is -2.10. The predicted octanol–water partition coefficient (Wildman–Crippen LogP) is 6.28. The molecule has 26 heavy (non-hydrogen) atoms. The van der Waals surface area contributed by atoms with Crippen LogP contribution >= 0.6 is 0 Å². The fourth-order valence-electron chi connectivity index (χ4n) is 3.49. The highest BCUT2D eigenvalue weighted by Gasteiger charge is 2.19. The molecule has 0 aliphatic carbocycles. The van der Waals surface area contributed by atoms with Crippen molar-refractivity contribution in [1.29, 1.82) is 0 Å². The van der Waals surface area contributed by atoms with Gasteiger partial charge in [0.05, 0.1) is 11.4 Å². The Balaban J connectivity index is 3.29. The van der Waals surface area contributed by atoms with Crippen LogP contribution in [0.5, 0.6) is 0 Å². The molecule has 2 unspecified atom stereocenters. The summed E-state index contributed by atoms with van der Waals surface area (Å²) in [5.41, 5.74) is 0. The molecule has 0 saturated heterocycles. The molecular weight excluding hydrogens is 348 g/mol. The van der Waals surface area contributed by atoms with E-state index in [1.54, 1.807) is 0 Å². The summed E-state index contributed by atoms with van der Waals surface area (Å²) < 4.78 is 31.3. The SMILES string of the molecule is CCCCC(O)CCCCCCCCCCCCCC(CC)S(=O)(=O)O. The Hall–Kier alpha value is -0.130. The number of unbranched alkanes of at least 4 members (excludes halogenated alkanes) is 11. The first-order valence-corrected chi connectivity index (χ1v) is 12.6. The van der Waals surface area contributed by atoms with Crippen LogP contribution in [0, 0.1) is 0 Å². The number of hydrogen-bond donors (Lipinski definition) is 2. The van der Waals surface area contributed by atoms with Gasteiger partial charge in [-0.3, -0.25) is 4.55 Å². The molecule has 0 fully saturated rings. The van der Waals surface area contributed by atoms with Gasteiger partial charge in [-0.1, -0.05) is 97.3 Å². The number of aliphatic hydroxyl groups is 1. The Morgan fingerprint density at radius 1 is 0.654 bits per heavy atom. The summed E-state index contributed by atoms with van der Waals surface area (Å²) in [6.07, 6.45) is 18.4. The maximum Gasteiger partial charge on any atom is 0.267 e. The Kier molecular flexibility index (Phi) is 16.9. The van der Waals surface area contributed by atoms with Crippen LogP contribution in [-0.2, 0) is 10.1 Å². The van der Waals surface area contributed by atoms with Crippen LogP contribution in [0.3, 0.4) is 0 Å². The fraction of sp³-hybridized carbons (Fsp3) is 1.00. The van der Waals surface area contributed by atoms with E-state index in [0.717, 1.165) is 44.9 Å². The maximum absolute atomic E-state index is 11.1. The zero-order chi connectivity index (χ0) is 19.7. The van der Waals surface area contributed by atoms with Crippen LogP contribution in [0.25, 0.3) is 0 Å². The monoisotopic (exact) mass is 392 g/mol. The van der Waals surface area contributed by atoms with Crippen molar-refractivity contribution in [2.75, 3.05) is 0 Å². The Morgan fingerprint density at radius 3 is 1.42 bits per heavy atom. The summed E-state index contributed by atoms with van der Waals surface area (Å²) in [7, 11) is -3.85. The summed E-state index contributed by atoms with van der Waals surface area (Å²) in [6, 6.07) is 0. The molecule has 2 N–H and O–H groups in total. The van der Waals surface area contributed by atoms with E-state index in [4.69, 9.17) is 4.55 Å². The highest BCUT2D eigenvalue weighted by Crippen LogP contribution is 2.16. The Bertz CT molecular complexity index is 395. The van der Waals surface area contributed by atoms with Gasteiger partial charge < -0.3 is 5.11 Å². The molecule has 158 valence electrons. The second-order valence-electron chi connectivity index (χ2n) is 7.81. The summed E-state index contributed by atoms with van der Waals surface area (Å²) in [5.74, 6) is 0. The van der Waals surface area contributed by atoms with Gasteiger partial charge in [-0.25, -0.2) is 0 Å². The number of aliphatic hydroxyl groups excluding tert-OH is 1. The topological polar surface area (TPSA) is 74.6 Å². The van der Waals surface area contributed by atoms with Crippen LogP contribution in [0.15, 0.2) is 0 Å². The van der Waals surface area contributed by atoms with E-state index < -0.39 is 15.4 Å². The summed E-state index contributed by atoms with van der Waals surface area (Å²) in [4.78, 5) is 0. The van der Waals surface area contributed by atoms with Crippen LogP contribution in [0.2, 0.25) is 0 Å². The van der Waals surface area contributed by atoms with Crippen molar-refractivity contribution >= 4 is 10.1 Å². The van der Waals surface area contributed by atoms with Crippen LogP contribution < -0.4 is 0 Å². The molecule has 5 heteroatoms. The molecule has 0 aromatic heterocycles. The molecule has 4 nitrogen and oxygen atoms in total. The molecule has 0 saturated carbocycles. The Morgan fingerprint density at radius 2 is 1.04 bits per heavy atom. The molecule has 0 heterocycles. The lowest BCUT2D eigenvalue weighted by Crippen LogP contribution is -2.19. The van der Waals surface area contributed by atoms with Gasteiger partial charge in [0.15, 0.2) is 0 Å². The van der Waals surface area contributed by atoms with Crippen molar-refractivity contribution < 1.29 is 18.1 Å². The second-order valence-corrected chi connectivity index (χ2v) is 9.50. The first kappa shape index (κ1) is 25.9. The quantitative estimate of drug-likeness (QED) is 0.200. The average molecular weight is 393 g/mol. The summed E-state index contributed by atoms with van der Waals surface area (Å²) in [5, 5.41) is 9.21. The third-order valence-corrected chi connectivity index (χ3v) is 6.74. The van der Waals surface area contributed by atoms with Crippen molar-refractivity contribution in [3.8, 4) is 0 Å². The van der Waals surface area contributed by atoms with Crippen molar-refractivity contribution in [2.24, 2.45) is 0 Å². The second kappa shape index (κ2) is 17.0. The zero-order valence-corrected chi connectivity index (χ0v) is 18.1. The average Bonchev–Trinajstić information content (AvgIpc) is 2.59. The van der Waals surface area contributed by atoms with Crippen molar-refractivity contribution in [1.82, 2.24) is 0 Å². The molecule has 2 atom stereocenters. The van der Waals surface area contributed by atoms with E-state index >= 15 is 0 Å². The number of hydrogen-bond acceptors (Lipinski definition) is 3. The van der Waals surface area contributed by atoms with E-state index in [2.05, 4.69) is 6.92 Å². The van der Waals surface area contributed by atoms with Gasteiger partial charge in [0.25, 0.3) is 10.1 Å². The predicted molar refractivity (Wildman–Crippen MR) is 111 cm³/mol. The summed E-state index contributed by atoms with van der Waals surface area (Å²) in [6.45, 7) is 3.98. The molecule has 0 aliphatic heterocycles. The molecule has 0 aliphatic rings. The van der Waals surface area contributed by atoms with E-state index in [0.29, 0.717) is 12.8 Å². The molecule has 0 spiro atoms. The molecule has 0 rings (SSSR count). The van der Waals surface area contributed by atoms with Gasteiger partial charge in [0.2, 0.25) is 0 Å². The molecular formula is C21H44O4S. The smallest absolute Gasteiger partial charge is 0.267 e. The lowest BCUT2D eigenvalue weighted by atomic mass is 10.0. The fourth-order valence-corrected chi connectivity index (χ4v) is 4.38. The highest BCUT2D eigenvalue weighted by atomic mass is 32.2. The van der Waals surface area contributed by atoms with Crippen molar-refractivity contribution in [3.63, 3.8) is 0 Å². The third-order valence-electron chi connectivity index (χ3n) is 5.33. The van der Waals surface area contributed by atoms with Crippen LogP contribution in [-0.4, -0.2) is 29.4 Å². The van der Waals surface area contributed by atoms with Crippen molar-refractivity contribution in [3.05, 3.63) is 0 Å². The number of rotatable bonds is 19. The standard InChI is InChI=1S/C21H44O4S/c1-3-5-17-20(22)18-15-13-11-9-7-6-8-10-12-14-16-19-21(4-2)26(23,24)25/h20-22H,3-19H2,1-2H3,(H,23,24,25). The van der Waals surface area contributed by atoms with Gasteiger partial charge in [0, 0.05) is 0 Å². The molecule has 0 amide bonds. The Labute approximate surface area is 162 Å². The van der Waals surface area contributed by atoms with Crippen molar-refractivity contribution in [2.45, 2.75) is 134 Å². The first-order valence-electron chi connectivity index (χ1n) is 11.1. The molecule has 0 bridgehead atoms. The first-order chi connectivity index (χ1) is 12.4. The van der Waals surface area contributed by atoms with Gasteiger partial charge in [-0.2, -0.15) is 8.42 Å². The van der Waals surface area contributed by atoms with E-state index in [9.17, 15) is 13.5 Å². The highest BCUT2D eigenvalue weighted by molar-refractivity contribution is 7.86. The van der Waals surface area contributed by atoms with Gasteiger partial charge in [-0.15, -0.1) is 0 Å². The minimum absolute atomic E-state index is 0.0833. The maximum atomic E-state index is 11.1. The molecule has 0 radical (unpaired) electrons. The minimum atomic E-state index is -3.85. The van der Waals surface area contributed by atoms with E-state index in [-0.39, 0.29) is 6.10 Å². The van der Waals surface area contributed by atoms with Gasteiger partial charge in [-0.05, 0) is 25.7 Å². The minimum Gasteiger partial charge on any atom is -0.393 e. The largest absolute Gasteiger partial charge is 0.393 e. The summed E-state index contributed by atoms with van der Waals surface area (Å²) >= 11 is 0. The van der Waals surface area contributed by atoms with Gasteiger partial charge >= 0.3 is 0 Å². The zero-order valence-electron chi connectivity index (χ0n) is 17.3. The van der Waals surface area contributed by atoms with Gasteiger partial charge in [0.1, 0.15) is 0 Å². The molecule has 0 aromatic carbocycles. The van der Waals surface area contributed by atoms with E-state index in [1.807, 2.05) is 6.92 Å². The normalized spacial score (nSPS) is 14.5. The third kappa shape index (κ3) is 16.1. The lowest BCUT2D eigenvalue weighted by molar-refractivity contribution is 0.148. The van der Waals surface area contributed by atoms with Crippen LogP contribution in [0.1, 0.15) is 123 Å². The molecule has 0 aromatic rings.